The molecule has 116 valence electrons. The monoisotopic (exact) mass is 310 g/mol. The summed E-state index contributed by atoms with van der Waals surface area (Å²) in [7, 11) is 0. The Morgan fingerprint density at radius 2 is 1.95 bits per heavy atom. The van der Waals surface area contributed by atoms with Gasteiger partial charge in [-0.15, -0.1) is 0 Å². The van der Waals surface area contributed by atoms with E-state index in [2.05, 4.69) is 10.6 Å². The summed E-state index contributed by atoms with van der Waals surface area (Å²) in [6.07, 6.45) is 2.83. The van der Waals surface area contributed by atoms with E-state index >= 15 is 0 Å². The number of amides is 2. The molecule has 0 aromatic heterocycles. The molecule has 0 aliphatic heterocycles. The van der Waals surface area contributed by atoms with Crippen LogP contribution in [0.2, 0.25) is 0 Å². The number of hydrogen-bond acceptors (Lipinski definition) is 3. The molecule has 2 atom stereocenters. The van der Waals surface area contributed by atoms with E-state index in [0.717, 1.165) is 12.2 Å². The lowest BCUT2D eigenvalue weighted by Crippen LogP contribution is -2.44. The van der Waals surface area contributed by atoms with Crippen molar-refractivity contribution in [3.8, 4) is 0 Å². The average Bonchev–Trinajstić information content (AvgIpc) is 2.47. The topological polar surface area (TPSA) is 78.4 Å². The predicted molar refractivity (Wildman–Crippen MR) is 85.8 cm³/mol. The van der Waals surface area contributed by atoms with Gasteiger partial charge in [-0.1, -0.05) is 37.3 Å². The van der Waals surface area contributed by atoms with Gasteiger partial charge in [-0.25, -0.2) is 4.79 Å². The van der Waals surface area contributed by atoms with E-state index in [-0.39, 0.29) is 18.6 Å². The van der Waals surface area contributed by atoms with Gasteiger partial charge in [0, 0.05) is 18.3 Å². The highest BCUT2D eigenvalue weighted by Crippen LogP contribution is 2.14. The van der Waals surface area contributed by atoms with Gasteiger partial charge >= 0.3 is 12.0 Å². The number of carboxylic acid groups (broad SMARTS) is 1. The van der Waals surface area contributed by atoms with Gasteiger partial charge < -0.3 is 15.7 Å². The second kappa shape index (κ2) is 9.28. The summed E-state index contributed by atoms with van der Waals surface area (Å²) in [6.45, 7) is 2.08. The van der Waals surface area contributed by atoms with Crippen LogP contribution < -0.4 is 10.6 Å². The van der Waals surface area contributed by atoms with Crippen molar-refractivity contribution in [2.24, 2.45) is 0 Å². The fraction of sp³-hybridized carbons (Fsp3) is 0.467. The van der Waals surface area contributed by atoms with Gasteiger partial charge in [0.05, 0.1) is 5.92 Å². The molecule has 0 heterocycles. The number of carboxylic acids is 1. The Kier molecular flexibility index (Phi) is 7.68. The maximum atomic E-state index is 11.8. The van der Waals surface area contributed by atoms with Crippen LogP contribution in [-0.4, -0.2) is 41.7 Å². The van der Waals surface area contributed by atoms with Gasteiger partial charge in [-0.05, 0) is 18.2 Å². The first kappa shape index (κ1) is 17.4. The van der Waals surface area contributed by atoms with E-state index in [1.165, 1.54) is 0 Å². The zero-order valence-corrected chi connectivity index (χ0v) is 13.2. The lowest BCUT2D eigenvalue weighted by atomic mass is 9.99. The Balaban J connectivity index is 2.54. The zero-order valence-electron chi connectivity index (χ0n) is 12.3. The maximum Gasteiger partial charge on any atom is 0.315 e. The van der Waals surface area contributed by atoms with Crippen molar-refractivity contribution in [3.05, 3.63) is 35.9 Å². The summed E-state index contributed by atoms with van der Waals surface area (Å²) in [6, 6.07) is 8.69. The molecule has 0 saturated carbocycles. The van der Waals surface area contributed by atoms with Crippen molar-refractivity contribution in [2.75, 3.05) is 18.6 Å². The summed E-state index contributed by atoms with van der Waals surface area (Å²) < 4.78 is 0. The van der Waals surface area contributed by atoms with Crippen LogP contribution in [-0.2, 0) is 4.79 Å². The molecule has 1 aromatic carbocycles. The Labute approximate surface area is 129 Å². The fourth-order valence-corrected chi connectivity index (χ4v) is 2.65. The fourth-order valence-electron chi connectivity index (χ4n) is 1.93. The standard InChI is InChI=1S/C15H22N2O3S/c1-3-12(10-21-2)17-15(20)16-9-13(14(18)19)11-7-5-4-6-8-11/h4-8,12-13H,3,9-10H2,1-2H3,(H,18,19)(H2,16,17,20). The van der Waals surface area contributed by atoms with Crippen molar-refractivity contribution in [3.63, 3.8) is 0 Å². The number of urea groups is 1. The molecule has 0 radical (unpaired) electrons. The number of carbonyl (C=O) groups is 2. The highest BCUT2D eigenvalue weighted by Gasteiger charge is 2.20. The molecule has 0 aliphatic rings. The van der Waals surface area contributed by atoms with Gasteiger partial charge in [0.1, 0.15) is 0 Å². The van der Waals surface area contributed by atoms with E-state index in [1.54, 1.807) is 36.0 Å². The lowest BCUT2D eigenvalue weighted by Gasteiger charge is -2.18. The Hall–Kier alpha value is -1.69. The quantitative estimate of drug-likeness (QED) is 0.688. The third-order valence-electron chi connectivity index (χ3n) is 3.16. The van der Waals surface area contributed by atoms with Gasteiger partial charge in [0.15, 0.2) is 0 Å². The van der Waals surface area contributed by atoms with Crippen molar-refractivity contribution in [2.45, 2.75) is 25.3 Å². The van der Waals surface area contributed by atoms with Crippen molar-refractivity contribution in [1.82, 2.24) is 10.6 Å². The minimum atomic E-state index is -0.947. The molecule has 0 spiro atoms. The highest BCUT2D eigenvalue weighted by atomic mass is 32.2. The Bertz CT molecular complexity index is 453. The average molecular weight is 310 g/mol. The molecule has 5 nitrogen and oxygen atoms in total. The minimum absolute atomic E-state index is 0.0703. The Morgan fingerprint density at radius 3 is 2.48 bits per heavy atom. The maximum absolute atomic E-state index is 11.8. The van der Waals surface area contributed by atoms with Crippen LogP contribution in [0.3, 0.4) is 0 Å². The third kappa shape index (κ3) is 6.08. The second-order valence-corrected chi connectivity index (χ2v) is 5.63. The molecule has 0 aliphatic carbocycles. The number of hydrogen-bond donors (Lipinski definition) is 3. The van der Waals surface area contributed by atoms with Gasteiger partial charge in [-0.2, -0.15) is 11.8 Å². The molecule has 21 heavy (non-hydrogen) atoms. The van der Waals surface area contributed by atoms with Gasteiger partial charge in [0.25, 0.3) is 0 Å². The first-order valence-corrected chi connectivity index (χ1v) is 8.28. The lowest BCUT2D eigenvalue weighted by molar-refractivity contribution is -0.138. The number of carbonyl (C=O) groups excluding carboxylic acids is 1. The van der Waals surface area contributed by atoms with E-state index in [4.69, 9.17) is 0 Å². The van der Waals surface area contributed by atoms with Gasteiger partial charge in [-0.3, -0.25) is 4.79 Å². The molecular formula is C15H22N2O3S. The summed E-state index contributed by atoms with van der Waals surface area (Å²) >= 11 is 1.67. The van der Waals surface area contributed by atoms with Crippen LogP contribution in [0.25, 0.3) is 0 Å². The second-order valence-electron chi connectivity index (χ2n) is 4.72. The SMILES string of the molecule is CCC(CSC)NC(=O)NCC(C(=O)O)c1ccccc1. The molecule has 0 saturated heterocycles. The van der Waals surface area contributed by atoms with Crippen LogP contribution in [0.4, 0.5) is 4.79 Å². The molecular weight excluding hydrogens is 288 g/mol. The molecule has 2 unspecified atom stereocenters. The first-order chi connectivity index (χ1) is 10.1. The number of nitrogens with one attached hydrogen (secondary N) is 2. The van der Waals surface area contributed by atoms with E-state index in [0.29, 0.717) is 5.56 Å². The van der Waals surface area contributed by atoms with E-state index in [1.807, 2.05) is 19.2 Å². The van der Waals surface area contributed by atoms with Crippen LogP contribution in [0.5, 0.6) is 0 Å². The first-order valence-electron chi connectivity index (χ1n) is 6.89. The molecule has 6 heteroatoms. The van der Waals surface area contributed by atoms with Crippen LogP contribution in [0.15, 0.2) is 30.3 Å². The molecule has 0 fully saturated rings. The number of rotatable bonds is 8. The summed E-state index contributed by atoms with van der Waals surface area (Å²) in [5, 5.41) is 14.8. The van der Waals surface area contributed by atoms with E-state index < -0.39 is 11.9 Å². The normalized spacial score (nSPS) is 13.2. The van der Waals surface area contributed by atoms with Gasteiger partial charge in [0.2, 0.25) is 0 Å². The predicted octanol–water partition coefficient (Wildman–Crippen LogP) is 2.30. The Morgan fingerprint density at radius 1 is 1.29 bits per heavy atom. The highest BCUT2D eigenvalue weighted by molar-refractivity contribution is 7.98. The van der Waals surface area contributed by atoms with Crippen molar-refractivity contribution < 1.29 is 14.7 Å². The molecule has 1 rings (SSSR count). The van der Waals surface area contributed by atoms with Crippen LogP contribution in [0, 0.1) is 0 Å². The smallest absolute Gasteiger partial charge is 0.315 e. The third-order valence-corrected chi connectivity index (χ3v) is 3.90. The summed E-state index contributed by atoms with van der Waals surface area (Å²) in [5.74, 6) is -0.847. The molecule has 2 amide bonds. The van der Waals surface area contributed by atoms with E-state index in [9.17, 15) is 14.7 Å². The zero-order chi connectivity index (χ0) is 15.7. The molecule has 0 bridgehead atoms. The number of aliphatic carboxylic acids is 1. The summed E-state index contributed by atoms with van der Waals surface area (Å²) in [4.78, 5) is 23.1. The molecule has 1 aromatic rings. The van der Waals surface area contributed by atoms with Crippen molar-refractivity contribution >= 4 is 23.8 Å². The van der Waals surface area contributed by atoms with Crippen molar-refractivity contribution in [1.29, 1.82) is 0 Å². The molecule has 3 N–H and O–H groups in total. The number of benzene rings is 1. The van der Waals surface area contributed by atoms with Crippen LogP contribution >= 0.6 is 11.8 Å². The minimum Gasteiger partial charge on any atom is -0.481 e. The number of thioether (sulfide) groups is 1. The largest absolute Gasteiger partial charge is 0.481 e. The summed E-state index contributed by atoms with van der Waals surface area (Å²) in [5.41, 5.74) is 0.682. The van der Waals surface area contributed by atoms with Crippen LogP contribution in [0.1, 0.15) is 24.8 Å².